The molecule has 1 aromatic rings. The van der Waals surface area contributed by atoms with Gasteiger partial charge < -0.3 is 0 Å². The van der Waals surface area contributed by atoms with Gasteiger partial charge >= 0.3 is 0 Å². The van der Waals surface area contributed by atoms with Crippen molar-refractivity contribution in [2.45, 2.75) is 13.3 Å². The average Bonchev–Trinajstić information content (AvgIpc) is 2.06. The molecule has 1 nitrogen and oxygen atoms in total. The molecule has 0 unspecified atom stereocenters. The van der Waals surface area contributed by atoms with E-state index in [-0.39, 0.29) is 5.78 Å². The van der Waals surface area contributed by atoms with Gasteiger partial charge in [0.25, 0.3) is 0 Å². The van der Waals surface area contributed by atoms with Crippen LogP contribution in [0.3, 0.4) is 0 Å². The van der Waals surface area contributed by atoms with Crippen molar-refractivity contribution in [3.05, 3.63) is 35.4 Å². The molecule has 0 N–H and O–H groups in total. The van der Waals surface area contributed by atoms with Gasteiger partial charge in [-0.05, 0) is 17.9 Å². The first kappa shape index (κ1) is 9.07. The Morgan fingerprint density at radius 1 is 1.42 bits per heavy atom. The van der Waals surface area contributed by atoms with E-state index in [1.165, 1.54) is 0 Å². The summed E-state index contributed by atoms with van der Waals surface area (Å²) in [6, 6.07) is 7.52. The van der Waals surface area contributed by atoms with E-state index in [1.54, 1.807) is 12.3 Å². The van der Waals surface area contributed by atoms with E-state index < -0.39 is 0 Å². The summed E-state index contributed by atoms with van der Waals surface area (Å²) < 4.78 is 0. The molecule has 0 spiro atoms. The van der Waals surface area contributed by atoms with Crippen molar-refractivity contribution in [3.63, 3.8) is 0 Å². The maximum atomic E-state index is 10.9. The lowest BCUT2D eigenvalue weighted by atomic mass is 10.1. The van der Waals surface area contributed by atoms with Crippen LogP contribution >= 0.6 is 12.2 Å². The molecular formula is C10H10OS. The smallest absolute Gasteiger partial charge is 0.159 e. The lowest BCUT2D eigenvalue weighted by Gasteiger charge is -1.97. The van der Waals surface area contributed by atoms with Crippen LogP contribution in [0.25, 0.3) is 0 Å². The largest absolute Gasteiger partial charge is 0.295 e. The second-order valence-corrected chi connectivity index (χ2v) is 2.96. The predicted octanol–water partition coefficient (Wildman–Crippen LogP) is 2.43. The van der Waals surface area contributed by atoms with Crippen LogP contribution in [0, 0.1) is 0 Å². The van der Waals surface area contributed by atoms with Gasteiger partial charge in [-0.2, -0.15) is 0 Å². The lowest BCUT2D eigenvalue weighted by molar-refractivity contribution is 0.101. The van der Waals surface area contributed by atoms with Gasteiger partial charge in [0.05, 0.1) is 0 Å². The first-order chi connectivity index (χ1) is 5.74. The zero-order valence-electron chi connectivity index (χ0n) is 6.91. The summed E-state index contributed by atoms with van der Waals surface area (Å²) in [7, 11) is 0. The molecule has 0 atom stereocenters. The Balaban J connectivity index is 2.85. The van der Waals surface area contributed by atoms with E-state index in [0.29, 0.717) is 0 Å². The van der Waals surface area contributed by atoms with Gasteiger partial charge in [-0.15, -0.1) is 0 Å². The monoisotopic (exact) mass is 178 g/mol. The maximum absolute atomic E-state index is 10.9. The van der Waals surface area contributed by atoms with Crippen LogP contribution in [-0.4, -0.2) is 11.2 Å². The van der Waals surface area contributed by atoms with Crippen molar-refractivity contribution >= 4 is 23.4 Å². The first-order valence-corrected chi connectivity index (χ1v) is 4.24. The van der Waals surface area contributed by atoms with Gasteiger partial charge in [0.1, 0.15) is 0 Å². The summed E-state index contributed by atoms with van der Waals surface area (Å²) in [5, 5.41) is 1.68. The minimum Gasteiger partial charge on any atom is -0.295 e. The van der Waals surface area contributed by atoms with E-state index in [4.69, 9.17) is 12.2 Å². The van der Waals surface area contributed by atoms with Crippen molar-refractivity contribution in [2.24, 2.45) is 0 Å². The van der Waals surface area contributed by atoms with Crippen LogP contribution in [0.15, 0.2) is 24.3 Å². The molecule has 0 aliphatic rings. The highest BCUT2D eigenvalue weighted by Crippen LogP contribution is 2.04. The standard InChI is InChI=1S/C10H10OS/c1-8(11)10-4-2-9(3-5-10)6-7-12/h2-5,7H,6H2,1H3. The molecule has 0 saturated heterocycles. The van der Waals surface area contributed by atoms with E-state index in [2.05, 4.69) is 0 Å². The number of hydrogen-bond donors (Lipinski definition) is 0. The minimum absolute atomic E-state index is 0.101. The Morgan fingerprint density at radius 2 is 2.00 bits per heavy atom. The highest BCUT2D eigenvalue weighted by molar-refractivity contribution is 7.78. The fraction of sp³-hybridized carbons (Fsp3) is 0.200. The fourth-order valence-corrected chi connectivity index (χ4v) is 1.16. The molecule has 12 heavy (non-hydrogen) atoms. The van der Waals surface area contributed by atoms with Crippen molar-refractivity contribution in [2.75, 3.05) is 0 Å². The SMILES string of the molecule is CC(=O)c1ccc(CC=S)cc1. The topological polar surface area (TPSA) is 17.1 Å². The third-order valence-corrected chi connectivity index (χ3v) is 1.85. The Morgan fingerprint density at radius 3 is 2.42 bits per heavy atom. The molecule has 0 aromatic heterocycles. The lowest BCUT2D eigenvalue weighted by Crippen LogP contribution is -1.92. The molecule has 2 heteroatoms. The molecular weight excluding hydrogens is 168 g/mol. The van der Waals surface area contributed by atoms with E-state index in [0.717, 1.165) is 17.5 Å². The number of Topliss-reactive ketones (excluding diaryl/α,β-unsaturated/α-hetero) is 1. The summed E-state index contributed by atoms with van der Waals surface area (Å²) in [4.78, 5) is 10.9. The van der Waals surface area contributed by atoms with Crippen LogP contribution < -0.4 is 0 Å². The number of carbonyl (C=O) groups excluding carboxylic acids is 1. The Bertz CT molecular complexity index is 287. The highest BCUT2D eigenvalue weighted by atomic mass is 32.1. The molecule has 0 aliphatic heterocycles. The second-order valence-electron chi connectivity index (χ2n) is 2.62. The quantitative estimate of drug-likeness (QED) is 0.522. The summed E-state index contributed by atoms with van der Waals surface area (Å²) in [5.41, 5.74) is 1.90. The molecule has 0 bridgehead atoms. The van der Waals surface area contributed by atoms with Gasteiger partial charge in [-0.25, -0.2) is 0 Å². The Kier molecular flexibility index (Phi) is 3.11. The highest BCUT2D eigenvalue weighted by Gasteiger charge is 1.97. The summed E-state index contributed by atoms with van der Waals surface area (Å²) in [5.74, 6) is 0.101. The fourth-order valence-electron chi connectivity index (χ4n) is 0.972. The summed E-state index contributed by atoms with van der Waals surface area (Å²) >= 11 is 4.73. The number of rotatable bonds is 3. The molecule has 0 saturated carbocycles. The van der Waals surface area contributed by atoms with Gasteiger partial charge in [0.2, 0.25) is 0 Å². The summed E-state index contributed by atoms with van der Waals surface area (Å²) in [6.45, 7) is 1.56. The van der Waals surface area contributed by atoms with Gasteiger partial charge in [-0.1, -0.05) is 36.5 Å². The van der Waals surface area contributed by atoms with Crippen LogP contribution in [0.4, 0.5) is 0 Å². The van der Waals surface area contributed by atoms with E-state index >= 15 is 0 Å². The molecule has 0 heterocycles. The number of carbonyl (C=O) groups is 1. The maximum Gasteiger partial charge on any atom is 0.159 e. The van der Waals surface area contributed by atoms with Crippen LogP contribution in [0.2, 0.25) is 0 Å². The minimum atomic E-state index is 0.101. The van der Waals surface area contributed by atoms with E-state index in [9.17, 15) is 4.79 Å². The Labute approximate surface area is 77.4 Å². The van der Waals surface area contributed by atoms with Gasteiger partial charge in [0, 0.05) is 12.0 Å². The van der Waals surface area contributed by atoms with Crippen LogP contribution in [0.5, 0.6) is 0 Å². The zero-order valence-corrected chi connectivity index (χ0v) is 7.73. The molecule has 62 valence electrons. The number of benzene rings is 1. The second kappa shape index (κ2) is 4.12. The van der Waals surface area contributed by atoms with Crippen molar-refractivity contribution in [1.29, 1.82) is 0 Å². The molecule has 0 amide bonds. The zero-order chi connectivity index (χ0) is 8.97. The predicted molar refractivity (Wildman–Crippen MR) is 53.8 cm³/mol. The summed E-state index contributed by atoms with van der Waals surface area (Å²) in [6.07, 6.45) is 0.785. The first-order valence-electron chi connectivity index (χ1n) is 3.77. The van der Waals surface area contributed by atoms with Crippen molar-refractivity contribution in [1.82, 2.24) is 0 Å². The van der Waals surface area contributed by atoms with Gasteiger partial charge in [0.15, 0.2) is 5.78 Å². The average molecular weight is 178 g/mol. The third-order valence-electron chi connectivity index (χ3n) is 1.68. The number of hydrogen-bond acceptors (Lipinski definition) is 2. The van der Waals surface area contributed by atoms with Crippen LogP contribution in [-0.2, 0) is 6.42 Å². The van der Waals surface area contributed by atoms with Crippen molar-refractivity contribution in [3.8, 4) is 0 Å². The third kappa shape index (κ3) is 2.24. The van der Waals surface area contributed by atoms with Gasteiger partial charge in [-0.3, -0.25) is 4.79 Å². The molecule has 1 rings (SSSR count). The van der Waals surface area contributed by atoms with Crippen LogP contribution in [0.1, 0.15) is 22.8 Å². The van der Waals surface area contributed by atoms with E-state index in [1.807, 2.05) is 24.3 Å². The number of ketones is 1. The Hall–Kier alpha value is -1.02. The number of thiocarbonyl (C=S) groups is 1. The molecule has 1 aromatic carbocycles. The molecule has 0 aliphatic carbocycles. The molecule has 0 radical (unpaired) electrons. The normalized spacial score (nSPS) is 9.42. The van der Waals surface area contributed by atoms with Crippen molar-refractivity contribution < 1.29 is 4.79 Å². The molecule has 0 fully saturated rings.